The number of carbonyl (C=O) groups is 2. The van der Waals surface area contributed by atoms with Crippen LogP contribution in [0.2, 0.25) is 0 Å². The molecule has 0 amide bonds. The van der Waals surface area contributed by atoms with Crippen molar-refractivity contribution in [3.8, 4) is 0 Å². The Hall–Kier alpha value is -1.61. The van der Waals surface area contributed by atoms with E-state index in [-0.39, 0.29) is 43.1 Å². The van der Waals surface area contributed by atoms with E-state index in [4.69, 9.17) is 23.5 Å². The van der Waals surface area contributed by atoms with Crippen LogP contribution >= 0.6 is 0 Å². The van der Waals surface area contributed by atoms with Crippen LogP contribution in [0.4, 0.5) is 0 Å². The van der Waals surface area contributed by atoms with Crippen molar-refractivity contribution in [3.63, 3.8) is 0 Å². The molecule has 0 radical (unpaired) electrons. The molecule has 1 saturated heterocycles. The van der Waals surface area contributed by atoms with Crippen LogP contribution in [0.1, 0.15) is 190 Å². The molecular formula is C48H82O12S. The molecule has 5 aliphatic rings. The van der Waals surface area contributed by atoms with Crippen LogP contribution < -0.4 is 0 Å². The maximum atomic E-state index is 13.6. The predicted octanol–water partition coefficient (Wildman–Crippen LogP) is 8.98. The molecular weight excluding hydrogens is 801 g/mol. The Morgan fingerprint density at radius 3 is 1.93 bits per heavy atom. The van der Waals surface area contributed by atoms with Crippen molar-refractivity contribution in [2.45, 2.75) is 226 Å². The fourth-order valence-corrected chi connectivity index (χ4v) is 14.0. The summed E-state index contributed by atoms with van der Waals surface area (Å²) < 4.78 is 58.4. The lowest BCUT2D eigenvalue weighted by Crippen LogP contribution is -2.64. The number of allylic oxidation sites excluding steroid dienone is 1. The number of rotatable bonds is 24. The number of hydrogen-bond acceptors (Lipinski definition) is 11. The molecule has 0 spiro atoms. The highest BCUT2D eigenvalue weighted by atomic mass is 32.3. The standard InChI is InChI=1S/C48H82O12S/c1-32(27-28-48(31-57-48)45(5,6)53)35-24-25-36-34-23-26-38-44(3,4)42(60-61(54,55)56)37(30-46(38,7)40(34)41(52)43(47(35,36)8)58-33(2)50)59-39(51)22-20-18-16-14-12-10-9-11-13-15-17-19-21-29-49/h32,35-38,41-43,49,52-53H,9-31H2,1-8H3,(H,54,55,56)/t32-,35-,36?,37-,38+,41-,42+,43+,46+,47-,48?/m1/s1. The van der Waals surface area contributed by atoms with E-state index >= 15 is 0 Å². The number of hydrogen-bond donors (Lipinski definition) is 4. The Balaban J connectivity index is 1.29. The van der Waals surface area contributed by atoms with Gasteiger partial charge in [0.2, 0.25) is 0 Å². The first-order valence-electron chi connectivity index (χ1n) is 23.9. The molecule has 2 saturated carbocycles. The number of carbonyl (C=O) groups excluding carboxylic acids is 2. The van der Waals surface area contributed by atoms with Gasteiger partial charge in [0.1, 0.15) is 30.0 Å². The third kappa shape index (κ3) is 11.3. The first-order chi connectivity index (χ1) is 28.5. The number of aliphatic hydroxyl groups excluding tert-OH is 2. The molecule has 0 aromatic carbocycles. The molecule has 2 unspecified atom stereocenters. The highest BCUT2D eigenvalue weighted by Gasteiger charge is 2.68. The van der Waals surface area contributed by atoms with Crippen molar-refractivity contribution in [2.75, 3.05) is 13.2 Å². The van der Waals surface area contributed by atoms with Gasteiger partial charge < -0.3 is 29.5 Å². The van der Waals surface area contributed by atoms with Gasteiger partial charge in [0.15, 0.2) is 0 Å². The van der Waals surface area contributed by atoms with E-state index < -0.39 is 74.2 Å². The molecule has 0 aromatic heterocycles. The SMILES string of the molecule is CC(=O)O[C@H]1[C@H](O)C2=C(CC[C@H]3C(C)(C)[C@@H](OS(=O)(=O)O)[C@H](OC(=O)CCCCCCCCCCCCCCCO)C[C@]23C)C2CC[C@H]([C@H](C)CCC3(C(C)(C)O)CO3)[C@]21C. The van der Waals surface area contributed by atoms with E-state index in [2.05, 4.69) is 20.8 Å². The third-order valence-corrected chi connectivity index (χ3v) is 17.0. The average Bonchev–Trinajstić information content (AvgIpc) is 3.88. The molecule has 4 N–H and O–H groups in total. The lowest BCUT2D eigenvalue weighted by Gasteiger charge is -2.63. The Labute approximate surface area is 367 Å². The van der Waals surface area contributed by atoms with Crippen LogP contribution in [0.3, 0.4) is 0 Å². The summed E-state index contributed by atoms with van der Waals surface area (Å²) in [6.45, 7) is 16.1. The minimum Gasteiger partial charge on any atom is -0.459 e. The molecule has 13 heteroatoms. The largest absolute Gasteiger partial charge is 0.459 e. The smallest absolute Gasteiger partial charge is 0.397 e. The topological polar surface area (TPSA) is 189 Å². The molecule has 11 atom stereocenters. The second kappa shape index (κ2) is 20.3. The predicted molar refractivity (Wildman–Crippen MR) is 234 cm³/mol. The van der Waals surface area contributed by atoms with Gasteiger partial charge in [-0.1, -0.05) is 111 Å². The van der Waals surface area contributed by atoms with Crippen LogP contribution in [0.25, 0.3) is 0 Å². The monoisotopic (exact) mass is 883 g/mol. The lowest BCUT2D eigenvalue weighted by atomic mass is 9.44. The van der Waals surface area contributed by atoms with Gasteiger partial charge in [-0.15, -0.1) is 0 Å². The van der Waals surface area contributed by atoms with Gasteiger partial charge in [-0.2, -0.15) is 8.42 Å². The molecule has 0 aromatic rings. The van der Waals surface area contributed by atoms with Crippen molar-refractivity contribution in [1.29, 1.82) is 0 Å². The number of aliphatic hydroxyl groups is 3. The zero-order valence-electron chi connectivity index (χ0n) is 38.8. The van der Waals surface area contributed by atoms with Gasteiger partial charge in [-0.05, 0) is 112 Å². The van der Waals surface area contributed by atoms with E-state index in [0.717, 1.165) is 56.9 Å². The summed E-state index contributed by atoms with van der Waals surface area (Å²) in [7, 11) is -4.91. The van der Waals surface area contributed by atoms with Crippen LogP contribution in [0, 0.1) is 39.9 Å². The number of fused-ring (bicyclic) bond motifs is 4. The van der Waals surface area contributed by atoms with Crippen LogP contribution in [0.15, 0.2) is 11.1 Å². The summed E-state index contributed by atoms with van der Waals surface area (Å²) in [5.41, 5.74) is -1.78. The fraction of sp³-hybridized carbons (Fsp3) is 0.917. The van der Waals surface area contributed by atoms with Gasteiger partial charge in [-0.3, -0.25) is 14.1 Å². The second-order valence-electron chi connectivity index (χ2n) is 21.5. The van der Waals surface area contributed by atoms with E-state index in [9.17, 15) is 32.8 Å². The van der Waals surface area contributed by atoms with E-state index in [1.54, 1.807) is 13.8 Å². The van der Waals surface area contributed by atoms with Gasteiger partial charge in [-0.25, -0.2) is 4.18 Å². The maximum absolute atomic E-state index is 13.6. The van der Waals surface area contributed by atoms with E-state index in [0.29, 0.717) is 32.3 Å². The zero-order chi connectivity index (χ0) is 45.0. The van der Waals surface area contributed by atoms with Gasteiger partial charge >= 0.3 is 22.3 Å². The van der Waals surface area contributed by atoms with Crippen LogP contribution in [-0.2, 0) is 38.4 Å². The minimum absolute atomic E-state index is 0.0321. The van der Waals surface area contributed by atoms with Crippen molar-refractivity contribution < 1.29 is 56.3 Å². The van der Waals surface area contributed by atoms with E-state index in [1.807, 2.05) is 13.8 Å². The fourth-order valence-electron chi connectivity index (χ4n) is 13.3. The Morgan fingerprint density at radius 1 is 0.869 bits per heavy atom. The van der Waals surface area contributed by atoms with Crippen molar-refractivity contribution in [2.24, 2.45) is 39.9 Å². The summed E-state index contributed by atoms with van der Waals surface area (Å²) in [5.74, 6) is -0.776. The van der Waals surface area contributed by atoms with Crippen LogP contribution in [0.5, 0.6) is 0 Å². The Kier molecular flexibility index (Phi) is 16.7. The number of ether oxygens (including phenoxy) is 3. The van der Waals surface area contributed by atoms with Crippen molar-refractivity contribution in [3.05, 3.63) is 11.1 Å². The molecule has 61 heavy (non-hydrogen) atoms. The molecule has 1 aliphatic heterocycles. The van der Waals surface area contributed by atoms with E-state index in [1.165, 1.54) is 57.4 Å². The Bertz CT molecular complexity index is 1630. The molecule has 3 fully saturated rings. The molecule has 12 nitrogen and oxygen atoms in total. The minimum atomic E-state index is -4.91. The maximum Gasteiger partial charge on any atom is 0.397 e. The third-order valence-electron chi connectivity index (χ3n) is 16.6. The summed E-state index contributed by atoms with van der Waals surface area (Å²) in [4.78, 5) is 26.5. The molecule has 5 rings (SSSR count). The average molecular weight is 883 g/mol. The number of unbranched alkanes of at least 4 members (excludes halogenated alkanes) is 12. The van der Waals surface area contributed by atoms with Gasteiger partial charge in [0.05, 0.1) is 12.2 Å². The Morgan fingerprint density at radius 2 is 1.43 bits per heavy atom. The van der Waals surface area contributed by atoms with Crippen molar-refractivity contribution in [1.82, 2.24) is 0 Å². The summed E-state index contributed by atoms with van der Waals surface area (Å²) in [6, 6.07) is 0. The first kappa shape index (κ1) is 50.4. The normalized spacial score (nSPS) is 34.9. The summed E-state index contributed by atoms with van der Waals surface area (Å²) in [5, 5.41) is 32.5. The second-order valence-corrected chi connectivity index (χ2v) is 22.5. The quantitative estimate of drug-likeness (QED) is 0.0237. The summed E-state index contributed by atoms with van der Waals surface area (Å²) in [6.07, 6.45) is 15.1. The molecule has 1 heterocycles. The molecule has 352 valence electrons. The van der Waals surface area contributed by atoms with Gasteiger partial charge in [0, 0.05) is 25.4 Å². The summed E-state index contributed by atoms with van der Waals surface area (Å²) >= 11 is 0. The molecule has 0 bridgehead atoms. The zero-order valence-corrected chi connectivity index (χ0v) is 39.7. The van der Waals surface area contributed by atoms with Crippen LogP contribution in [-0.4, -0.2) is 89.1 Å². The first-order valence-corrected chi connectivity index (χ1v) is 25.3. The lowest BCUT2D eigenvalue weighted by molar-refractivity contribution is -0.193. The van der Waals surface area contributed by atoms with Crippen molar-refractivity contribution >= 4 is 22.3 Å². The highest BCUT2D eigenvalue weighted by Crippen LogP contribution is 2.69. The molecule has 4 aliphatic carbocycles. The van der Waals surface area contributed by atoms with Gasteiger partial charge in [0.25, 0.3) is 0 Å². The number of epoxide rings is 1. The number of esters is 2. The highest BCUT2D eigenvalue weighted by molar-refractivity contribution is 7.80.